The lowest BCUT2D eigenvalue weighted by Gasteiger charge is -2.19. The number of benzene rings is 1. The van der Waals surface area contributed by atoms with Gasteiger partial charge in [0, 0.05) is 5.56 Å². The fraction of sp³-hybridized carbons (Fsp3) is 0.357. The molecule has 0 unspecified atom stereocenters. The highest BCUT2D eigenvalue weighted by Gasteiger charge is 2.16. The smallest absolute Gasteiger partial charge is 0.344 e. The van der Waals surface area contributed by atoms with Crippen LogP contribution in [0.5, 0.6) is 5.75 Å². The molecule has 0 radical (unpaired) electrons. The average Bonchev–Trinajstić information content (AvgIpc) is 2.24. The molecule has 0 heterocycles. The second-order valence-corrected chi connectivity index (χ2v) is 4.55. The summed E-state index contributed by atoms with van der Waals surface area (Å²) in [6, 6.07) is 7.01. The Bertz CT molecular complexity index is 436. The fourth-order valence-electron chi connectivity index (χ4n) is 1.19. The minimum absolute atomic E-state index is 0.120. The van der Waals surface area contributed by atoms with Gasteiger partial charge >= 0.3 is 5.97 Å². The lowest BCUT2D eigenvalue weighted by atomic mass is 10.2. The van der Waals surface area contributed by atoms with Gasteiger partial charge in [-0.25, -0.2) is 4.79 Å². The van der Waals surface area contributed by atoms with Crippen LogP contribution in [0.4, 0.5) is 0 Å². The third-order valence-corrected chi connectivity index (χ3v) is 1.78. The Morgan fingerprint density at radius 3 is 2.71 bits per heavy atom. The Morgan fingerprint density at radius 2 is 2.12 bits per heavy atom. The largest absolute Gasteiger partial charge is 0.482 e. The lowest BCUT2D eigenvalue weighted by Crippen LogP contribution is -2.27. The summed E-state index contributed by atoms with van der Waals surface area (Å²) in [5.41, 5.74) is 0.216. The van der Waals surface area contributed by atoms with Crippen molar-refractivity contribution in [1.29, 1.82) is 0 Å². The molecule has 0 saturated heterocycles. The summed E-state index contributed by atoms with van der Waals surface area (Å²) >= 11 is 0. The molecule has 0 fully saturated rings. The van der Waals surface area contributed by atoms with Crippen LogP contribution >= 0.6 is 0 Å². The van der Waals surface area contributed by atoms with E-state index in [-0.39, 0.29) is 6.61 Å². The van der Waals surface area contributed by atoms with Gasteiger partial charge in [0.2, 0.25) is 0 Å². The fourth-order valence-corrected chi connectivity index (χ4v) is 1.19. The molecule has 0 amide bonds. The maximum absolute atomic E-state index is 11.4. The van der Waals surface area contributed by atoms with E-state index in [0.717, 1.165) is 0 Å². The van der Waals surface area contributed by atoms with Gasteiger partial charge in [-0.1, -0.05) is 12.0 Å². The highest BCUT2D eigenvalue weighted by Crippen LogP contribution is 2.13. The van der Waals surface area contributed by atoms with Crippen molar-refractivity contribution < 1.29 is 14.3 Å². The molecule has 0 aliphatic heterocycles. The quantitative estimate of drug-likeness (QED) is 0.593. The zero-order valence-corrected chi connectivity index (χ0v) is 10.3. The topological polar surface area (TPSA) is 35.5 Å². The first kappa shape index (κ1) is 13.1. The van der Waals surface area contributed by atoms with E-state index in [0.29, 0.717) is 11.3 Å². The summed E-state index contributed by atoms with van der Waals surface area (Å²) in [6.07, 6.45) is 5.26. The van der Waals surface area contributed by atoms with E-state index in [1.807, 2.05) is 20.8 Å². The van der Waals surface area contributed by atoms with Crippen LogP contribution in [0.2, 0.25) is 0 Å². The van der Waals surface area contributed by atoms with Crippen molar-refractivity contribution in [3.05, 3.63) is 29.8 Å². The second-order valence-electron chi connectivity index (χ2n) is 4.55. The van der Waals surface area contributed by atoms with Crippen molar-refractivity contribution in [3.8, 4) is 18.1 Å². The Kier molecular flexibility index (Phi) is 4.17. The molecule has 0 spiro atoms. The molecule has 0 N–H and O–H groups in total. The van der Waals surface area contributed by atoms with Gasteiger partial charge in [0.1, 0.15) is 11.4 Å². The number of hydrogen-bond acceptors (Lipinski definition) is 3. The highest BCUT2D eigenvalue weighted by atomic mass is 16.6. The first-order valence-electron chi connectivity index (χ1n) is 5.32. The van der Waals surface area contributed by atoms with E-state index in [9.17, 15) is 4.79 Å². The van der Waals surface area contributed by atoms with E-state index in [4.69, 9.17) is 15.9 Å². The lowest BCUT2D eigenvalue weighted by molar-refractivity contribution is -0.157. The Balaban J connectivity index is 2.51. The number of carbonyl (C=O) groups excluding carboxylic acids is 1. The Hall–Kier alpha value is -1.95. The maximum Gasteiger partial charge on any atom is 0.344 e. The van der Waals surface area contributed by atoms with Crippen molar-refractivity contribution in [2.24, 2.45) is 0 Å². The molecule has 3 nitrogen and oxygen atoms in total. The molecule has 17 heavy (non-hydrogen) atoms. The molecule has 0 aliphatic rings. The maximum atomic E-state index is 11.4. The minimum Gasteiger partial charge on any atom is -0.482 e. The number of ether oxygens (including phenoxy) is 2. The molecule has 0 saturated carbocycles. The van der Waals surface area contributed by atoms with Crippen molar-refractivity contribution in [3.63, 3.8) is 0 Å². The van der Waals surface area contributed by atoms with Gasteiger partial charge in [0.15, 0.2) is 6.61 Å². The Labute approximate surface area is 102 Å². The SMILES string of the molecule is C#Cc1cccc(OCC(=O)OC(C)(C)C)c1. The summed E-state index contributed by atoms with van der Waals surface area (Å²) in [5, 5.41) is 0. The van der Waals surface area contributed by atoms with E-state index in [1.54, 1.807) is 24.3 Å². The van der Waals surface area contributed by atoms with E-state index in [1.165, 1.54) is 0 Å². The molecule has 1 aromatic carbocycles. The first-order valence-corrected chi connectivity index (χ1v) is 5.32. The molecule has 0 aliphatic carbocycles. The third-order valence-electron chi connectivity index (χ3n) is 1.78. The minimum atomic E-state index is -0.499. The number of carbonyl (C=O) groups is 1. The van der Waals surface area contributed by atoms with Crippen molar-refractivity contribution in [2.75, 3.05) is 6.61 Å². The van der Waals surface area contributed by atoms with E-state index < -0.39 is 11.6 Å². The van der Waals surface area contributed by atoms with Gasteiger partial charge in [-0.3, -0.25) is 0 Å². The van der Waals surface area contributed by atoms with Crippen LogP contribution in [-0.2, 0) is 9.53 Å². The second kappa shape index (κ2) is 5.40. The van der Waals surface area contributed by atoms with Gasteiger partial charge in [0.05, 0.1) is 0 Å². The molecule has 0 aromatic heterocycles. The summed E-state index contributed by atoms with van der Waals surface area (Å²) in [5.74, 6) is 2.66. The van der Waals surface area contributed by atoms with Crippen LogP contribution in [0.3, 0.4) is 0 Å². The zero-order valence-electron chi connectivity index (χ0n) is 10.3. The summed E-state index contributed by atoms with van der Waals surface area (Å²) < 4.78 is 10.4. The molecule has 3 heteroatoms. The van der Waals surface area contributed by atoms with E-state index in [2.05, 4.69) is 5.92 Å². The Morgan fingerprint density at radius 1 is 1.41 bits per heavy atom. The monoisotopic (exact) mass is 232 g/mol. The van der Waals surface area contributed by atoms with Crippen LogP contribution in [0.1, 0.15) is 26.3 Å². The highest BCUT2D eigenvalue weighted by molar-refractivity contribution is 5.71. The molecule has 0 bridgehead atoms. The molecular formula is C14H16O3. The average molecular weight is 232 g/mol. The molecular weight excluding hydrogens is 216 g/mol. The molecule has 1 rings (SSSR count). The van der Waals surface area contributed by atoms with Crippen LogP contribution < -0.4 is 4.74 Å². The van der Waals surface area contributed by atoms with Crippen LogP contribution in [0, 0.1) is 12.3 Å². The van der Waals surface area contributed by atoms with Gasteiger partial charge in [-0.2, -0.15) is 0 Å². The van der Waals surface area contributed by atoms with Crippen LogP contribution in [0.15, 0.2) is 24.3 Å². The number of hydrogen-bond donors (Lipinski definition) is 0. The molecule has 1 aromatic rings. The van der Waals surface area contributed by atoms with Gasteiger partial charge in [0.25, 0.3) is 0 Å². The van der Waals surface area contributed by atoms with Crippen molar-refractivity contribution >= 4 is 5.97 Å². The third kappa shape index (κ3) is 5.07. The number of terminal acetylenes is 1. The van der Waals surface area contributed by atoms with Gasteiger partial charge in [-0.15, -0.1) is 6.42 Å². The molecule has 0 atom stereocenters. The number of esters is 1. The normalized spacial score (nSPS) is 10.5. The van der Waals surface area contributed by atoms with Crippen LogP contribution in [0.25, 0.3) is 0 Å². The molecule has 90 valence electrons. The van der Waals surface area contributed by atoms with Crippen molar-refractivity contribution in [2.45, 2.75) is 26.4 Å². The van der Waals surface area contributed by atoms with Crippen LogP contribution in [-0.4, -0.2) is 18.2 Å². The zero-order chi connectivity index (χ0) is 12.9. The summed E-state index contributed by atoms with van der Waals surface area (Å²) in [6.45, 7) is 5.31. The first-order chi connectivity index (χ1) is 7.90. The standard InChI is InChI=1S/C14H16O3/c1-5-11-7-6-8-12(9-11)16-10-13(15)17-14(2,3)4/h1,6-9H,10H2,2-4H3. The van der Waals surface area contributed by atoms with E-state index >= 15 is 0 Å². The van der Waals surface area contributed by atoms with Crippen molar-refractivity contribution in [1.82, 2.24) is 0 Å². The van der Waals surface area contributed by atoms with Gasteiger partial charge in [-0.05, 0) is 39.0 Å². The summed E-state index contributed by atoms with van der Waals surface area (Å²) in [7, 11) is 0. The predicted octanol–water partition coefficient (Wildman–Crippen LogP) is 2.39. The summed E-state index contributed by atoms with van der Waals surface area (Å²) in [4.78, 5) is 11.4. The predicted molar refractivity (Wildman–Crippen MR) is 65.7 cm³/mol. The van der Waals surface area contributed by atoms with Gasteiger partial charge < -0.3 is 9.47 Å². The number of rotatable bonds is 3.